The van der Waals surface area contributed by atoms with Crippen molar-refractivity contribution in [3.63, 3.8) is 0 Å². The van der Waals surface area contributed by atoms with Crippen molar-refractivity contribution in [3.8, 4) is 67.0 Å². The van der Waals surface area contributed by atoms with E-state index in [0.717, 1.165) is 48.7 Å². The molecule has 5 heteroatoms. The zero-order chi connectivity index (χ0) is 84.3. The Balaban J connectivity index is 1.10. The molecule has 2 aliphatic rings. The van der Waals surface area contributed by atoms with Gasteiger partial charge in [0.1, 0.15) is 0 Å². The van der Waals surface area contributed by atoms with Crippen LogP contribution in [0.5, 0.6) is 0 Å². The monoisotopic (exact) mass is 1320 g/mol. The van der Waals surface area contributed by atoms with Gasteiger partial charge in [-0.05, 0) is 174 Å². The molecule has 18 rings (SSSR count). The average molecular weight is 1320 g/mol. The lowest BCUT2D eigenvalue weighted by atomic mass is 9.33. The maximum atomic E-state index is 11.7. The Morgan fingerprint density at radius 1 is 0.287 bits per heavy atom. The minimum absolute atomic E-state index is 0.0492. The van der Waals surface area contributed by atoms with Crippen LogP contribution < -0.4 is 26.2 Å². The van der Waals surface area contributed by atoms with Crippen molar-refractivity contribution in [1.82, 2.24) is 9.13 Å². The molecule has 2 aliphatic heterocycles. The number of rotatable bonds is 9. The minimum atomic E-state index is -1.55. The van der Waals surface area contributed by atoms with Gasteiger partial charge in [0, 0.05) is 77.9 Å². The summed E-state index contributed by atoms with van der Waals surface area (Å²) in [5, 5.41) is 0.930. The summed E-state index contributed by atoms with van der Waals surface area (Å²) in [7, 11) is 0. The first-order valence-electron chi connectivity index (χ1n) is 43.3. The molecule has 0 aliphatic carbocycles. The van der Waals surface area contributed by atoms with Crippen LogP contribution >= 0.6 is 0 Å². The summed E-state index contributed by atoms with van der Waals surface area (Å²) in [5.74, 6) is 0. The SMILES string of the molecule is [2H]c1c([2H])c(-c2c([2H])c([2H])c3c(c2[2H])N(c2c(-c4ccccc4)cc(C(C)(C)C)cc2-c2ccccc2)c2cc(C(C)(C)C)cc4c2B3c2c([2H])c([2H])c(-n3c5c([2H])c([2H])c([2H])c([2H])c5c5c([2H])c([2H])c([2H])c([2H])c53)c([2H])c2N4c2c(-c3ccccc3)cc(C(C)(C)C)cc2-c2ccccc2)c([2H])c(-n2c3ccccc3c3ccccc32)c1[2H]. The molecule has 0 radical (unpaired) electrons. The van der Waals surface area contributed by atoms with Crippen LogP contribution in [0.15, 0.2) is 315 Å². The second kappa shape index (κ2) is 23.5. The Morgan fingerprint density at radius 3 is 1.10 bits per heavy atom. The molecule has 16 aromatic rings. The zero-order valence-corrected chi connectivity index (χ0v) is 57.5. The first kappa shape index (κ1) is 45.1. The van der Waals surface area contributed by atoms with E-state index < -0.39 is 137 Å². The highest BCUT2D eigenvalue weighted by Crippen LogP contribution is 2.56. The molecule has 101 heavy (non-hydrogen) atoms. The van der Waals surface area contributed by atoms with Crippen molar-refractivity contribution < 1.29 is 24.7 Å². The Labute approximate surface area is 619 Å². The van der Waals surface area contributed by atoms with Crippen LogP contribution in [0.1, 0.15) is 104 Å². The van der Waals surface area contributed by atoms with Crippen LogP contribution in [-0.4, -0.2) is 15.8 Å². The lowest BCUT2D eigenvalue weighted by molar-refractivity contribution is 0.590. The molecule has 14 aromatic carbocycles. The van der Waals surface area contributed by atoms with Gasteiger partial charge in [-0.3, -0.25) is 0 Å². The van der Waals surface area contributed by atoms with E-state index in [2.05, 4.69) is 92.6 Å². The third-order valence-corrected chi connectivity index (χ3v) is 20.1. The van der Waals surface area contributed by atoms with Crippen molar-refractivity contribution in [2.75, 3.05) is 9.80 Å². The summed E-state index contributed by atoms with van der Waals surface area (Å²) >= 11 is 0. The number of hydrogen-bond acceptors (Lipinski definition) is 2. The van der Waals surface area contributed by atoms with E-state index in [4.69, 9.17) is 2.74 Å². The van der Waals surface area contributed by atoms with Gasteiger partial charge < -0.3 is 18.9 Å². The first-order chi connectivity index (χ1) is 56.6. The summed E-state index contributed by atoms with van der Waals surface area (Å²) in [6.07, 6.45) is 0. The molecule has 0 spiro atoms. The van der Waals surface area contributed by atoms with Gasteiger partial charge in [0.05, 0.1) is 58.1 Å². The summed E-state index contributed by atoms with van der Waals surface area (Å²) in [5.41, 5.74) is 7.09. The molecule has 0 unspecified atom stereocenters. The smallest absolute Gasteiger partial charge is 0.252 e. The maximum absolute atomic E-state index is 11.7. The number of aromatic nitrogens is 2. The third kappa shape index (κ3) is 10.2. The van der Waals surface area contributed by atoms with Gasteiger partial charge >= 0.3 is 0 Å². The predicted octanol–water partition coefficient (Wildman–Crippen LogP) is 24.2. The number of nitrogens with zero attached hydrogens (tertiary/aromatic N) is 4. The van der Waals surface area contributed by atoms with E-state index in [-0.39, 0.29) is 60.9 Å². The largest absolute Gasteiger partial charge is 0.310 e. The number of hydrogen-bond donors (Lipinski definition) is 0. The minimum Gasteiger partial charge on any atom is -0.310 e. The molecule has 0 N–H and O–H groups in total. The molecular weight excluding hydrogens is 1220 g/mol. The van der Waals surface area contributed by atoms with Gasteiger partial charge in [-0.2, -0.15) is 0 Å². The Morgan fingerprint density at radius 2 is 0.653 bits per heavy atom. The summed E-state index contributed by atoms with van der Waals surface area (Å²) < 4.78 is 188. The maximum Gasteiger partial charge on any atom is 0.252 e. The number of para-hydroxylation sites is 4. The van der Waals surface area contributed by atoms with Crippen LogP contribution in [0.4, 0.5) is 34.1 Å². The average Bonchev–Trinajstić information content (AvgIpc) is 0.697. The molecule has 0 fully saturated rings. The molecule has 2 aromatic heterocycles. The lowest BCUT2D eigenvalue weighted by Crippen LogP contribution is -2.61. The molecule has 0 amide bonds. The van der Waals surface area contributed by atoms with Crippen molar-refractivity contribution in [2.45, 2.75) is 78.6 Å². The van der Waals surface area contributed by atoms with Crippen molar-refractivity contribution >= 4 is 101 Å². The predicted molar refractivity (Wildman–Crippen MR) is 432 cm³/mol. The molecule has 0 atom stereocenters. The van der Waals surface area contributed by atoms with Gasteiger partial charge in [-0.15, -0.1) is 0 Å². The normalized spacial score (nSPS) is 15.4. The van der Waals surface area contributed by atoms with Crippen LogP contribution in [0, 0.1) is 0 Å². The summed E-state index contributed by atoms with van der Waals surface area (Å²) in [6.45, 7) is 17.4. The summed E-state index contributed by atoms with van der Waals surface area (Å²) in [4.78, 5) is 3.92. The quantitative estimate of drug-likeness (QED) is 0.134. The number of anilines is 6. The van der Waals surface area contributed by atoms with Gasteiger partial charge in [-0.25, -0.2) is 0 Å². The van der Waals surface area contributed by atoms with E-state index in [1.54, 1.807) is 4.57 Å². The van der Waals surface area contributed by atoms with Gasteiger partial charge in [0.2, 0.25) is 0 Å². The molecule has 0 saturated heterocycles. The molecule has 486 valence electrons. The first-order valence-corrected chi connectivity index (χ1v) is 34.3. The van der Waals surface area contributed by atoms with E-state index in [1.807, 2.05) is 186 Å². The lowest BCUT2D eigenvalue weighted by Gasteiger charge is -2.47. The van der Waals surface area contributed by atoms with Crippen molar-refractivity contribution in [1.29, 1.82) is 0 Å². The van der Waals surface area contributed by atoms with Crippen LogP contribution in [-0.2, 0) is 16.2 Å². The van der Waals surface area contributed by atoms with E-state index in [9.17, 15) is 21.9 Å². The van der Waals surface area contributed by atoms with Gasteiger partial charge in [0.25, 0.3) is 6.71 Å². The fourth-order valence-electron chi connectivity index (χ4n) is 15.0. The van der Waals surface area contributed by atoms with E-state index in [0.29, 0.717) is 67.1 Å². The van der Waals surface area contributed by atoms with E-state index >= 15 is 0 Å². The highest BCUT2D eigenvalue weighted by molar-refractivity contribution is 7.00. The highest BCUT2D eigenvalue weighted by atomic mass is 15.2. The summed E-state index contributed by atoms with van der Waals surface area (Å²) in [6, 6.07) is 55.5. The topological polar surface area (TPSA) is 16.3 Å². The number of fused-ring (bicyclic) bond motifs is 10. The Bertz CT molecular complexity index is 6840. The molecule has 0 bridgehead atoms. The molecule has 4 heterocycles. The molecular formula is C96H79BN4. The van der Waals surface area contributed by atoms with Gasteiger partial charge in [0.15, 0.2) is 0 Å². The standard InChI is InChI=1S/C96H79BN4/c1-94(2,3)68-55-77(62-31-14-10-15-32-62)92(78(56-68)63-33-16-11-17-34-63)100-87-54-67(66-39-30-40-71(53-66)98-83-45-26-22-41-73(83)74-42-23-27-46-84(74)98)49-51-81(87)97-82-52-50-72(99-85-47-28-24-43-75(85)76-44-25-29-48-86(76)99)61-88(82)101(90-60-70(96(7,8)9)59-89(100)91(90)97)93-79(64-35-18-12-19-36-64)57-69(95(4,5)6)58-80(93)65-37-20-13-21-38-65/h10-61H,1-9H3/i24D,25D,28D,29D,30D,39D,40D,43D,44D,47D,48D,49D,50D,51D,52D,53D,54D,61D. The number of benzene rings is 14. The second-order valence-corrected chi connectivity index (χ2v) is 29.5. The highest BCUT2D eigenvalue weighted by Gasteiger charge is 2.46. The van der Waals surface area contributed by atoms with Crippen molar-refractivity contribution in [2.24, 2.45) is 0 Å². The van der Waals surface area contributed by atoms with Crippen LogP contribution in [0.2, 0.25) is 0 Å². The molecule has 4 nitrogen and oxygen atoms in total. The Kier molecular flexibility index (Phi) is 10.5. The Hall–Kier alpha value is -11.7. The zero-order valence-electron chi connectivity index (χ0n) is 75.5. The molecule has 0 saturated carbocycles. The van der Waals surface area contributed by atoms with Gasteiger partial charge in [-0.1, -0.05) is 287 Å². The van der Waals surface area contributed by atoms with Crippen LogP contribution in [0.3, 0.4) is 0 Å². The fraction of sp³-hybridized carbons (Fsp3) is 0.125. The van der Waals surface area contributed by atoms with Crippen molar-refractivity contribution in [3.05, 3.63) is 332 Å². The van der Waals surface area contributed by atoms with E-state index in [1.165, 1.54) is 0 Å². The second-order valence-electron chi connectivity index (χ2n) is 29.5. The third-order valence-electron chi connectivity index (χ3n) is 20.1. The fourth-order valence-corrected chi connectivity index (χ4v) is 15.0. The van der Waals surface area contributed by atoms with Crippen LogP contribution in [0.25, 0.3) is 111 Å².